The van der Waals surface area contributed by atoms with Crippen LogP contribution in [0.3, 0.4) is 0 Å². The number of hydrogen-bond donors (Lipinski definition) is 1. The van der Waals surface area contributed by atoms with Gasteiger partial charge >= 0.3 is 30.0 Å². The number of alkyl halides is 9. The van der Waals surface area contributed by atoms with Gasteiger partial charge in [-0.15, -0.1) is 0 Å². The summed E-state index contributed by atoms with van der Waals surface area (Å²) < 4.78 is 144. The fourth-order valence-electron chi connectivity index (χ4n) is 1.64. The third-order valence-electron chi connectivity index (χ3n) is 3.12. The third-order valence-corrected chi connectivity index (χ3v) is 3.12. The summed E-state index contributed by atoms with van der Waals surface area (Å²) in [5.74, 6) is -26.3. The second-order valence-corrected chi connectivity index (χ2v) is 5.03. The van der Waals surface area contributed by atoms with Crippen molar-refractivity contribution in [3.63, 3.8) is 0 Å². The molecule has 1 rings (SSSR count). The number of benzene rings is 1. The van der Waals surface area contributed by atoms with Gasteiger partial charge in [0.25, 0.3) is 0 Å². The average Bonchev–Trinajstić information content (AvgIpc) is 2.54. The molecule has 154 valence electrons. The van der Waals surface area contributed by atoms with E-state index in [1.165, 1.54) is 0 Å². The lowest BCUT2D eigenvalue weighted by Gasteiger charge is -2.32. The summed E-state index contributed by atoms with van der Waals surface area (Å²) >= 11 is 0. The first-order valence-corrected chi connectivity index (χ1v) is 6.73. The molecule has 0 saturated carbocycles. The molecule has 0 radical (unpaired) electrons. The molecule has 0 fully saturated rings. The van der Waals surface area contributed by atoms with Gasteiger partial charge in [-0.05, 0) is 24.1 Å². The Morgan fingerprint density at radius 2 is 1.30 bits per heavy atom. The second-order valence-electron chi connectivity index (χ2n) is 5.03. The Bertz CT molecular complexity index is 677. The molecule has 0 amide bonds. The first-order valence-electron chi connectivity index (χ1n) is 6.73. The molecule has 0 aliphatic rings. The monoisotopic (exact) mass is 418 g/mol. The number of allylic oxidation sites excluding steroid dienone is 1. The Morgan fingerprint density at radius 3 is 1.70 bits per heavy atom. The maximum atomic E-state index is 13.3. The zero-order valence-corrected chi connectivity index (χ0v) is 12.7. The van der Waals surface area contributed by atoms with E-state index < -0.39 is 41.5 Å². The Morgan fingerprint density at radius 1 is 0.815 bits per heavy atom. The highest BCUT2D eigenvalue weighted by Gasteiger charge is 2.83. The van der Waals surface area contributed by atoms with Crippen LogP contribution in [0, 0.1) is 0 Å². The number of aliphatic hydroxyl groups excluding tert-OH is 1. The van der Waals surface area contributed by atoms with Crippen molar-refractivity contribution in [3.8, 4) is 5.75 Å². The molecule has 2 nitrogen and oxygen atoms in total. The fourth-order valence-corrected chi connectivity index (χ4v) is 1.64. The Hall–Kier alpha value is -2.05. The van der Waals surface area contributed by atoms with Gasteiger partial charge in [-0.25, -0.2) is 0 Å². The Kier molecular flexibility index (Phi) is 6.41. The van der Waals surface area contributed by atoms with Gasteiger partial charge in [0.15, 0.2) is 0 Å². The standard InChI is InChI=1S/C14H9F11O2/c15-9(10(16)27-8-3-1-7(2-4-8)5-6-26)11(17,18)12(19,20)13(21,22)14(23,24)25/h1-4,26H,5-6H2. The van der Waals surface area contributed by atoms with Crippen molar-refractivity contribution in [2.45, 2.75) is 30.4 Å². The molecule has 1 aromatic rings. The highest BCUT2D eigenvalue weighted by molar-refractivity contribution is 5.29. The van der Waals surface area contributed by atoms with Crippen molar-refractivity contribution in [1.82, 2.24) is 0 Å². The van der Waals surface area contributed by atoms with Crippen molar-refractivity contribution in [2.24, 2.45) is 0 Å². The maximum Gasteiger partial charge on any atom is 0.460 e. The van der Waals surface area contributed by atoms with Crippen LogP contribution in [0.15, 0.2) is 36.1 Å². The molecule has 13 heteroatoms. The molecule has 0 aliphatic carbocycles. The maximum absolute atomic E-state index is 13.3. The first-order chi connectivity index (χ1) is 12.1. The van der Waals surface area contributed by atoms with Crippen LogP contribution in [0.4, 0.5) is 48.3 Å². The molecule has 0 spiro atoms. The fraction of sp³-hybridized carbons (Fsp3) is 0.429. The second kappa shape index (κ2) is 7.52. The number of hydrogen-bond acceptors (Lipinski definition) is 2. The van der Waals surface area contributed by atoms with E-state index in [0.29, 0.717) is 5.56 Å². The number of halogens is 11. The SMILES string of the molecule is OCCc1ccc(OC(F)=C(F)C(F)(F)C(F)(F)C(F)(F)C(F)(F)F)cc1. The van der Waals surface area contributed by atoms with Gasteiger partial charge in [0.05, 0.1) is 0 Å². The smallest absolute Gasteiger partial charge is 0.430 e. The molecule has 1 aromatic carbocycles. The molecular formula is C14H9F11O2. The summed E-state index contributed by atoms with van der Waals surface area (Å²) in [4.78, 5) is 0. The normalized spacial score (nSPS) is 14.8. The largest absolute Gasteiger partial charge is 0.460 e. The van der Waals surface area contributed by atoms with Crippen LogP contribution in [-0.2, 0) is 6.42 Å². The lowest BCUT2D eigenvalue weighted by molar-refractivity contribution is -0.392. The molecule has 0 heterocycles. The zero-order valence-electron chi connectivity index (χ0n) is 12.7. The molecular weight excluding hydrogens is 409 g/mol. The summed E-state index contributed by atoms with van der Waals surface area (Å²) in [6, 6.07) is 0.756. The summed E-state index contributed by atoms with van der Waals surface area (Å²) in [5.41, 5.74) is 0.413. The Balaban J connectivity index is 3.20. The van der Waals surface area contributed by atoms with E-state index in [4.69, 9.17) is 5.11 Å². The van der Waals surface area contributed by atoms with Crippen LogP contribution in [0.2, 0.25) is 0 Å². The zero-order chi connectivity index (χ0) is 21.3. The van der Waals surface area contributed by atoms with Crippen molar-refractivity contribution in [1.29, 1.82) is 0 Å². The van der Waals surface area contributed by atoms with Crippen LogP contribution < -0.4 is 4.74 Å². The van der Waals surface area contributed by atoms with Crippen molar-refractivity contribution >= 4 is 0 Å². The highest BCUT2D eigenvalue weighted by atomic mass is 19.4. The minimum atomic E-state index is -7.37. The van der Waals surface area contributed by atoms with Crippen molar-refractivity contribution in [3.05, 3.63) is 41.7 Å². The Labute approximate surface area is 143 Å². The van der Waals surface area contributed by atoms with Gasteiger partial charge < -0.3 is 9.84 Å². The summed E-state index contributed by atoms with van der Waals surface area (Å²) in [5, 5.41) is 8.65. The molecule has 0 aromatic heterocycles. The summed E-state index contributed by atoms with van der Waals surface area (Å²) in [7, 11) is 0. The number of aliphatic hydroxyl groups is 1. The van der Waals surface area contributed by atoms with Crippen molar-refractivity contribution in [2.75, 3.05) is 6.61 Å². The minimum Gasteiger partial charge on any atom is -0.430 e. The summed E-state index contributed by atoms with van der Waals surface area (Å²) in [6.07, 6.45) is -7.07. The van der Waals surface area contributed by atoms with E-state index in [9.17, 15) is 48.3 Å². The van der Waals surface area contributed by atoms with Crippen LogP contribution in [0.1, 0.15) is 5.56 Å². The van der Waals surface area contributed by atoms with Gasteiger partial charge in [0, 0.05) is 6.61 Å². The van der Waals surface area contributed by atoms with E-state index >= 15 is 0 Å². The van der Waals surface area contributed by atoms with Crippen LogP contribution in [0.5, 0.6) is 5.75 Å². The third kappa shape index (κ3) is 4.28. The lowest BCUT2D eigenvalue weighted by atomic mass is 10.0. The molecule has 0 saturated heterocycles. The van der Waals surface area contributed by atoms with E-state index in [0.717, 1.165) is 24.3 Å². The molecule has 0 bridgehead atoms. The van der Waals surface area contributed by atoms with Crippen LogP contribution in [0.25, 0.3) is 0 Å². The average molecular weight is 418 g/mol. The molecule has 1 N–H and O–H groups in total. The van der Waals surface area contributed by atoms with E-state index in [1.54, 1.807) is 0 Å². The summed E-state index contributed by atoms with van der Waals surface area (Å²) in [6.45, 7) is -0.308. The van der Waals surface area contributed by atoms with E-state index in [-0.39, 0.29) is 13.0 Å². The first kappa shape index (κ1) is 23.0. The highest BCUT2D eigenvalue weighted by Crippen LogP contribution is 2.55. The van der Waals surface area contributed by atoms with E-state index in [1.807, 2.05) is 0 Å². The van der Waals surface area contributed by atoms with Gasteiger partial charge in [-0.2, -0.15) is 48.3 Å². The van der Waals surface area contributed by atoms with Gasteiger partial charge in [-0.3, -0.25) is 0 Å². The van der Waals surface area contributed by atoms with Gasteiger partial charge in [0.1, 0.15) is 5.75 Å². The lowest BCUT2D eigenvalue weighted by Crippen LogP contribution is -2.61. The van der Waals surface area contributed by atoms with Gasteiger partial charge in [0.2, 0.25) is 5.83 Å². The molecule has 27 heavy (non-hydrogen) atoms. The molecule has 0 aliphatic heterocycles. The quantitative estimate of drug-likeness (QED) is 0.489. The topological polar surface area (TPSA) is 29.5 Å². The molecule has 0 unspecified atom stereocenters. The van der Waals surface area contributed by atoms with Crippen LogP contribution in [-0.4, -0.2) is 35.7 Å². The predicted octanol–water partition coefficient (Wildman–Crippen LogP) is 5.18. The van der Waals surface area contributed by atoms with Gasteiger partial charge in [-0.1, -0.05) is 12.1 Å². The number of rotatable bonds is 7. The van der Waals surface area contributed by atoms with Crippen LogP contribution >= 0.6 is 0 Å². The predicted molar refractivity (Wildman–Crippen MR) is 68.0 cm³/mol. The number of ether oxygens (including phenoxy) is 1. The minimum absolute atomic E-state index is 0.101. The van der Waals surface area contributed by atoms with E-state index in [2.05, 4.69) is 4.74 Å². The molecule has 0 atom stereocenters. The van der Waals surface area contributed by atoms with Crippen molar-refractivity contribution < 1.29 is 58.1 Å².